The minimum atomic E-state index is 0.852. The summed E-state index contributed by atoms with van der Waals surface area (Å²) in [6.07, 6.45) is 1.86. The predicted octanol–water partition coefficient (Wildman–Crippen LogP) is 3.45. The molecule has 0 fully saturated rings. The van der Waals surface area contributed by atoms with Crippen molar-refractivity contribution in [2.45, 2.75) is 19.8 Å². The van der Waals surface area contributed by atoms with Crippen LogP contribution in [-0.2, 0) is 12.8 Å². The minimum Gasteiger partial charge on any atom is -0.316 e. The summed E-state index contributed by atoms with van der Waals surface area (Å²) in [6.45, 7) is 3.01. The summed E-state index contributed by atoms with van der Waals surface area (Å²) < 4.78 is 4.33. The topological polar surface area (TPSA) is 29.0 Å². The molecule has 17 heavy (non-hydrogen) atoms. The zero-order chi connectivity index (χ0) is 11.8. The van der Waals surface area contributed by atoms with E-state index in [2.05, 4.69) is 27.2 Å². The first-order valence-electron chi connectivity index (χ1n) is 5.67. The number of hydrogen-bond donors (Lipinski definition) is 0. The Bertz CT molecular complexity index is 552. The monoisotopic (exact) mass is 265 g/mol. The van der Waals surface area contributed by atoms with Gasteiger partial charge in [0, 0.05) is 35.2 Å². The number of rotatable bonds is 2. The quantitative estimate of drug-likeness (QED) is 0.833. The van der Waals surface area contributed by atoms with Gasteiger partial charge in [-0.1, -0.05) is 24.6 Å². The number of aryl methyl sites for hydroxylation is 1. The predicted molar refractivity (Wildman–Crippen MR) is 71.4 cm³/mol. The molecule has 0 atom stereocenters. The maximum absolute atomic E-state index is 6.20. The highest BCUT2D eigenvalue weighted by atomic mass is 35.5. The summed E-state index contributed by atoms with van der Waals surface area (Å²) in [5.41, 5.74) is 2.40. The van der Waals surface area contributed by atoms with Crippen molar-refractivity contribution in [3.8, 4) is 0 Å². The molecule has 88 valence electrons. The number of hydrogen-bond acceptors (Lipinski definition) is 4. The molecule has 0 bridgehead atoms. The van der Waals surface area contributed by atoms with Gasteiger partial charge in [0.15, 0.2) is 0 Å². The minimum absolute atomic E-state index is 0.852. The maximum Gasteiger partial charge on any atom is 0.209 e. The van der Waals surface area contributed by atoms with E-state index in [1.807, 2.05) is 12.1 Å². The molecule has 2 aromatic rings. The molecule has 0 amide bonds. The Morgan fingerprint density at radius 1 is 1.47 bits per heavy atom. The molecule has 0 saturated heterocycles. The zero-order valence-corrected chi connectivity index (χ0v) is 11.1. The van der Waals surface area contributed by atoms with Crippen LogP contribution in [0.25, 0.3) is 0 Å². The highest BCUT2D eigenvalue weighted by molar-refractivity contribution is 7.09. The van der Waals surface area contributed by atoms with Crippen LogP contribution < -0.4 is 4.90 Å². The van der Waals surface area contributed by atoms with Gasteiger partial charge in [-0.2, -0.15) is 4.37 Å². The first kappa shape index (κ1) is 11.0. The molecule has 0 saturated carbocycles. The van der Waals surface area contributed by atoms with E-state index < -0.39 is 0 Å². The third kappa shape index (κ3) is 1.81. The van der Waals surface area contributed by atoms with Crippen molar-refractivity contribution in [2.24, 2.45) is 0 Å². The average Bonchev–Trinajstić information content (AvgIpc) is 2.94. The van der Waals surface area contributed by atoms with E-state index in [1.165, 1.54) is 22.8 Å². The van der Waals surface area contributed by atoms with Gasteiger partial charge in [-0.25, -0.2) is 4.98 Å². The van der Waals surface area contributed by atoms with Crippen molar-refractivity contribution < 1.29 is 0 Å². The summed E-state index contributed by atoms with van der Waals surface area (Å²) in [5.74, 6) is 0.917. The number of halogens is 1. The lowest BCUT2D eigenvalue weighted by Crippen LogP contribution is -2.12. The second kappa shape index (κ2) is 4.27. The van der Waals surface area contributed by atoms with E-state index in [1.54, 1.807) is 0 Å². The number of aromatic nitrogens is 2. The van der Waals surface area contributed by atoms with Crippen LogP contribution in [0.1, 0.15) is 18.3 Å². The molecule has 0 N–H and O–H groups in total. The number of fused-ring (bicyclic) bond motifs is 1. The van der Waals surface area contributed by atoms with Crippen molar-refractivity contribution in [3.05, 3.63) is 34.6 Å². The van der Waals surface area contributed by atoms with Crippen LogP contribution >= 0.6 is 23.1 Å². The van der Waals surface area contributed by atoms with E-state index in [-0.39, 0.29) is 0 Å². The number of anilines is 2. The SMILES string of the molecule is CCc1nsc(N2CCc3c(Cl)cccc32)n1. The van der Waals surface area contributed by atoms with Crippen molar-refractivity contribution in [2.75, 3.05) is 11.4 Å². The van der Waals surface area contributed by atoms with Crippen LogP contribution in [-0.4, -0.2) is 15.9 Å². The molecular weight excluding hydrogens is 254 g/mol. The van der Waals surface area contributed by atoms with Crippen LogP contribution in [0.4, 0.5) is 10.8 Å². The Labute approximate surface area is 109 Å². The first-order valence-corrected chi connectivity index (χ1v) is 6.82. The van der Waals surface area contributed by atoms with Crippen molar-refractivity contribution in [1.82, 2.24) is 9.36 Å². The normalized spacial score (nSPS) is 14.1. The molecule has 3 nitrogen and oxygen atoms in total. The van der Waals surface area contributed by atoms with Gasteiger partial charge in [-0.15, -0.1) is 0 Å². The number of benzene rings is 1. The van der Waals surface area contributed by atoms with Crippen molar-refractivity contribution in [3.63, 3.8) is 0 Å². The molecule has 1 aliphatic heterocycles. The molecule has 3 rings (SSSR count). The summed E-state index contributed by atoms with van der Waals surface area (Å²) in [7, 11) is 0. The van der Waals surface area contributed by atoms with Crippen molar-refractivity contribution in [1.29, 1.82) is 0 Å². The standard InChI is InChI=1S/C12H12ClN3S/c1-2-11-14-12(17-15-11)16-7-6-8-9(13)4-3-5-10(8)16/h3-5H,2,6-7H2,1H3. The van der Waals surface area contributed by atoms with E-state index in [0.717, 1.165) is 35.4 Å². The van der Waals surface area contributed by atoms with Crippen LogP contribution in [0, 0.1) is 0 Å². The summed E-state index contributed by atoms with van der Waals surface area (Å²) >= 11 is 7.66. The molecule has 1 aromatic carbocycles. The highest BCUT2D eigenvalue weighted by Crippen LogP contribution is 2.38. The molecule has 0 radical (unpaired) electrons. The van der Waals surface area contributed by atoms with Gasteiger partial charge < -0.3 is 4.90 Å². The van der Waals surface area contributed by atoms with E-state index in [0.29, 0.717) is 0 Å². The van der Waals surface area contributed by atoms with Crippen LogP contribution in [0.5, 0.6) is 0 Å². The molecule has 0 spiro atoms. The lowest BCUT2D eigenvalue weighted by molar-refractivity contribution is 0.955. The van der Waals surface area contributed by atoms with Gasteiger partial charge in [-0.05, 0) is 24.1 Å². The zero-order valence-electron chi connectivity index (χ0n) is 9.48. The molecule has 1 aromatic heterocycles. The molecule has 0 unspecified atom stereocenters. The molecule has 1 aliphatic rings. The Morgan fingerprint density at radius 3 is 3.12 bits per heavy atom. The van der Waals surface area contributed by atoms with E-state index in [9.17, 15) is 0 Å². The third-order valence-corrected chi connectivity index (χ3v) is 4.11. The summed E-state index contributed by atoms with van der Waals surface area (Å²) in [4.78, 5) is 6.74. The van der Waals surface area contributed by atoms with E-state index in [4.69, 9.17) is 11.6 Å². The second-order valence-corrected chi connectivity index (χ2v) is 5.12. The van der Waals surface area contributed by atoms with E-state index >= 15 is 0 Å². The van der Waals surface area contributed by atoms with Gasteiger partial charge in [0.1, 0.15) is 5.82 Å². The Morgan fingerprint density at radius 2 is 2.35 bits per heavy atom. The molecule has 5 heteroatoms. The fourth-order valence-corrected chi connectivity index (χ4v) is 3.14. The third-order valence-electron chi connectivity index (χ3n) is 2.97. The molecule has 0 aliphatic carbocycles. The second-order valence-electron chi connectivity index (χ2n) is 3.99. The fourth-order valence-electron chi connectivity index (χ4n) is 2.09. The highest BCUT2D eigenvalue weighted by Gasteiger charge is 2.24. The van der Waals surface area contributed by atoms with Crippen molar-refractivity contribution >= 4 is 34.0 Å². The maximum atomic E-state index is 6.20. The number of nitrogens with zero attached hydrogens (tertiary/aromatic N) is 3. The van der Waals surface area contributed by atoms with Gasteiger partial charge in [0.25, 0.3) is 0 Å². The van der Waals surface area contributed by atoms with Gasteiger partial charge in [-0.3, -0.25) is 0 Å². The fraction of sp³-hybridized carbons (Fsp3) is 0.333. The average molecular weight is 266 g/mol. The molecular formula is C12H12ClN3S. The smallest absolute Gasteiger partial charge is 0.209 e. The molecule has 2 heterocycles. The Balaban J connectivity index is 2.01. The van der Waals surface area contributed by atoms with Crippen LogP contribution in [0.2, 0.25) is 5.02 Å². The van der Waals surface area contributed by atoms with Gasteiger partial charge >= 0.3 is 0 Å². The summed E-state index contributed by atoms with van der Waals surface area (Å²) in [6, 6.07) is 6.03. The summed E-state index contributed by atoms with van der Waals surface area (Å²) in [5, 5.41) is 1.83. The lowest BCUT2D eigenvalue weighted by Gasteiger charge is -2.14. The van der Waals surface area contributed by atoms with Gasteiger partial charge in [0.2, 0.25) is 5.13 Å². The first-order chi connectivity index (χ1) is 8.29. The van der Waals surface area contributed by atoms with Crippen LogP contribution in [0.15, 0.2) is 18.2 Å². The lowest BCUT2D eigenvalue weighted by atomic mass is 10.2. The Hall–Kier alpha value is -1.13. The van der Waals surface area contributed by atoms with Gasteiger partial charge in [0.05, 0.1) is 0 Å². The Kier molecular flexibility index (Phi) is 2.76. The van der Waals surface area contributed by atoms with Crippen LogP contribution in [0.3, 0.4) is 0 Å². The largest absolute Gasteiger partial charge is 0.316 e.